The van der Waals surface area contributed by atoms with E-state index in [1.807, 2.05) is 0 Å². The summed E-state index contributed by atoms with van der Waals surface area (Å²) in [6.07, 6.45) is -0.429. The molecule has 0 aromatic carbocycles. The normalized spacial score (nSPS) is 28.9. The lowest BCUT2D eigenvalue weighted by Gasteiger charge is -2.30. The standard InChI is InChI=1S/C11H20N4O5/c1-13-3-4-15(10(13)18)11(5-8(11)16)20-7-14(6-19-2)9(12)17/h8,16H,3-7H2,1-2H3,(H2,12,17). The zero-order valence-electron chi connectivity index (χ0n) is 11.6. The van der Waals surface area contributed by atoms with Gasteiger partial charge in [-0.1, -0.05) is 0 Å². The van der Waals surface area contributed by atoms with Gasteiger partial charge in [-0.3, -0.25) is 9.80 Å². The Hall–Kier alpha value is -1.58. The first-order chi connectivity index (χ1) is 9.42. The van der Waals surface area contributed by atoms with Gasteiger partial charge in [-0.2, -0.15) is 0 Å². The number of nitrogens with zero attached hydrogens (tertiary/aromatic N) is 3. The minimum absolute atomic E-state index is 0.0185. The van der Waals surface area contributed by atoms with Crippen LogP contribution in [0.25, 0.3) is 0 Å². The molecule has 0 spiro atoms. The minimum Gasteiger partial charge on any atom is -0.388 e. The summed E-state index contributed by atoms with van der Waals surface area (Å²) in [5.41, 5.74) is 4.13. The summed E-state index contributed by atoms with van der Waals surface area (Å²) in [6.45, 7) is 0.893. The average Bonchev–Trinajstić information content (AvgIpc) is 2.92. The molecule has 4 amide bonds. The average molecular weight is 288 g/mol. The molecule has 1 aliphatic heterocycles. The molecule has 9 nitrogen and oxygen atoms in total. The highest BCUT2D eigenvalue weighted by Crippen LogP contribution is 2.44. The van der Waals surface area contributed by atoms with Crippen LogP contribution in [0.2, 0.25) is 0 Å². The predicted octanol–water partition coefficient (Wildman–Crippen LogP) is -1.23. The lowest BCUT2D eigenvalue weighted by atomic mass is 10.4. The van der Waals surface area contributed by atoms with Crippen molar-refractivity contribution in [3.05, 3.63) is 0 Å². The van der Waals surface area contributed by atoms with Gasteiger partial charge in [0.25, 0.3) is 0 Å². The number of aliphatic hydroxyl groups is 1. The second kappa shape index (κ2) is 5.43. The summed E-state index contributed by atoms with van der Waals surface area (Å²) in [6, 6.07) is -0.888. The molecule has 114 valence electrons. The lowest BCUT2D eigenvalue weighted by molar-refractivity contribution is -0.119. The molecule has 0 aromatic heterocycles. The van der Waals surface area contributed by atoms with Crippen molar-refractivity contribution in [2.75, 3.05) is 40.7 Å². The Morgan fingerprint density at radius 2 is 2.20 bits per heavy atom. The molecule has 0 aromatic rings. The highest BCUT2D eigenvalue weighted by molar-refractivity contribution is 5.77. The molecular formula is C11H20N4O5. The molecule has 1 aliphatic carbocycles. The first-order valence-corrected chi connectivity index (χ1v) is 6.30. The molecule has 1 saturated heterocycles. The number of primary amides is 1. The Bertz CT molecular complexity index is 406. The van der Waals surface area contributed by atoms with Crippen LogP contribution in [0, 0.1) is 0 Å². The fourth-order valence-electron chi connectivity index (χ4n) is 2.25. The predicted molar refractivity (Wildman–Crippen MR) is 67.3 cm³/mol. The van der Waals surface area contributed by atoms with Gasteiger partial charge in [0.1, 0.15) is 19.6 Å². The van der Waals surface area contributed by atoms with E-state index in [-0.39, 0.29) is 19.5 Å². The molecule has 2 atom stereocenters. The van der Waals surface area contributed by atoms with E-state index in [2.05, 4.69) is 0 Å². The van der Waals surface area contributed by atoms with Crippen molar-refractivity contribution in [3.8, 4) is 0 Å². The molecule has 3 N–H and O–H groups in total. The van der Waals surface area contributed by atoms with Crippen LogP contribution in [-0.2, 0) is 9.47 Å². The molecule has 0 radical (unpaired) electrons. The van der Waals surface area contributed by atoms with E-state index in [9.17, 15) is 14.7 Å². The quantitative estimate of drug-likeness (QED) is 0.595. The maximum atomic E-state index is 12.0. The summed E-state index contributed by atoms with van der Waals surface area (Å²) in [5, 5.41) is 9.82. The first-order valence-electron chi connectivity index (χ1n) is 6.30. The number of likely N-dealkylation sites (N-methyl/N-ethyl adjacent to an activating group) is 1. The molecule has 0 bridgehead atoms. The molecule has 9 heteroatoms. The van der Waals surface area contributed by atoms with Crippen molar-refractivity contribution in [3.63, 3.8) is 0 Å². The second-order valence-corrected chi connectivity index (χ2v) is 4.99. The third-order valence-corrected chi connectivity index (χ3v) is 3.59. The van der Waals surface area contributed by atoms with E-state index in [4.69, 9.17) is 15.2 Å². The topological polar surface area (TPSA) is 109 Å². The van der Waals surface area contributed by atoms with Crippen LogP contribution in [0.3, 0.4) is 0 Å². The van der Waals surface area contributed by atoms with Gasteiger partial charge < -0.3 is 25.2 Å². The van der Waals surface area contributed by atoms with Crippen LogP contribution in [0.5, 0.6) is 0 Å². The molecule has 2 unspecified atom stereocenters. The summed E-state index contributed by atoms with van der Waals surface area (Å²) in [7, 11) is 3.11. The maximum Gasteiger partial charge on any atom is 0.322 e. The highest BCUT2D eigenvalue weighted by Gasteiger charge is 2.63. The summed E-state index contributed by atoms with van der Waals surface area (Å²) in [4.78, 5) is 27.3. The van der Waals surface area contributed by atoms with Crippen molar-refractivity contribution in [2.24, 2.45) is 5.73 Å². The third kappa shape index (κ3) is 2.51. The zero-order chi connectivity index (χ0) is 14.9. The number of carbonyl (C=O) groups is 2. The van der Waals surface area contributed by atoms with Gasteiger partial charge in [0.2, 0.25) is 0 Å². The van der Waals surface area contributed by atoms with E-state index >= 15 is 0 Å². The van der Waals surface area contributed by atoms with Gasteiger partial charge in [0, 0.05) is 33.7 Å². The van der Waals surface area contributed by atoms with E-state index in [1.165, 1.54) is 12.0 Å². The van der Waals surface area contributed by atoms with Crippen molar-refractivity contribution >= 4 is 12.1 Å². The van der Waals surface area contributed by atoms with E-state index in [0.717, 1.165) is 4.90 Å². The number of hydrogen-bond acceptors (Lipinski definition) is 5. The molecule has 1 heterocycles. The number of amides is 4. The number of carbonyl (C=O) groups excluding carboxylic acids is 2. The highest BCUT2D eigenvalue weighted by atomic mass is 16.6. The van der Waals surface area contributed by atoms with Crippen LogP contribution in [0.15, 0.2) is 0 Å². The molecule has 20 heavy (non-hydrogen) atoms. The molecule has 2 rings (SSSR count). The lowest BCUT2D eigenvalue weighted by Crippen LogP contribution is -2.48. The van der Waals surface area contributed by atoms with E-state index in [0.29, 0.717) is 19.5 Å². The van der Waals surface area contributed by atoms with Gasteiger partial charge in [-0.05, 0) is 0 Å². The fourth-order valence-corrected chi connectivity index (χ4v) is 2.25. The van der Waals surface area contributed by atoms with Crippen LogP contribution in [-0.4, -0.2) is 84.4 Å². The van der Waals surface area contributed by atoms with Crippen LogP contribution in [0.1, 0.15) is 6.42 Å². The molecule has 1 saturated carbocycles. The summed E-state index contributed by atoms with van der Waals surface area (Å²) in [5.74, 6) is 0. The number of ether oxygens (including phenoxy) is 2. The van der Waals surface area contributed by atoms with Gasteiger partial charge in [0.05, 0.1) is 0 Å². The number of rotatable bonds is 6. The van der Waals surface area contributed by atoms with Gasteiger partial charge in [-0.25, -0.2) is 9.59 Å². The Labute approximate surface area is 116 Å². The Morgan fingerprint density at radius 1 is 1.55 bits per heavy atom. The van der Waals surface area contributed by atoms with Crippen molar-refractivity contribution < 1.29 is 24.2 Å². The van der Waals surface area contributed by atoms with Crippen LogP contribution in [0.4, 0.5) is 9.59 Å². The Kier molecular flexibility index (Phi) is 4.02. The zero-order valence-corrected chi connectivity index (χ0v) is 11.6. The smallest absolute Gasteiger partial charge is 0.322 e. The monoisotopic (exact) mass is 288 g/mol. The Balaban J connectivity index is 1.99. The fraction of sp³-hybridized carbons (Fsp3) is 0.818. The van der Waals surface area contributed by atoms with E-state index in [1.54, 1.807) is 11.9 Å². The van der Waals surface area contributed by atoms with Crippen molar-refractivity contribution in [1.82, 2.24) is 14.7 Å². The molecular weight excluding hydrogens is 268 g/mol. The maximum absolute atomic E-state index is 12.0. The summed E-state index contributed by atoms with van der Waals surface area (Å²) >= 11 is 0. The number of hydrogen-bond donors (Lipinski definition) is 2. The first kappa shape index (κ1) is 14.8. The van der Waals surface area contributed by atoms with Crippen LogP contribution >= 0.6 is 0 Å². The van der Waals surface area contributed by atoms with Gasteiger partial charge >= 0.3 is 12.1 Å². The number of aliphatic hydroxyl groups excluding tert-OH is 1. The van der Waals surface area contributed by atoms with Gasteiger partial charge in [0.15, 0.2) is 5.72 Å². The third-order valence-electron chi connectivity index (χ3n) is 3.59. The van der Waals surface area contributed by atoms with E-state index < -0.39 is 17.9 Å². The molecule has 2 fully saturated rings. The largest absolute Gasteiger partial charge is 0.388 e. The second-order valence-electron chi connectivity index (χ2n) is 4.99. The number of nitrogens with two attached hydrogens (primary N) is 1. The number of urea groups is 2. The number of methoxy groups -OCH3 is 1. The van der Waals surface area contributed by atoms with Crippen molar-refractivity contribution in [2.45, 2.75) is 18.2 Å². The van der Waals surface area contributed by atoms with Gasteiger partial charge in [-0.15, -0.1) is 0 Å². The molecule has 2 aliphatic rings. The Morgan fingerprint density at radius 3 is 2.60 bits per heavy atom. The van der Waals surface area contributed by atoms with Crippen molar-refractivity contribution in [1.29, 1.82) is 0 Å². The minimum atomic E-state index is -1.05. The SMILES string of the molecule is COCN(COC1(N2CCN(C)C2=O)CC1O)C(N)=O. The summed E-state index contributed by atoms with van der Waals surface area (Å²) < 4.78 is 10.4. The van der Waals surface area contributed by atoms with Crippen LogP contribution < -0.4 is 5.73 Å².